The van der Waals surface area contributed by atoms with Crippen molar-refractivity contribution in [2.75, 3.05) is 6.54 Å². The molecule has 0 amide bonds. The van der Waals surface area contributed by atoms with E-state index in [9.17, 15) is 0 Å². The predicted molar refractivity (Wildman–Crippen MR) is 74.3 cm³/mol. The molecule has 0 aromatic heterocycles. The molecule has 1 fully saturated rings. The summed E-state index contributed by atoms with van der Waals surface area (Å²) >= 11 is 0. The van der Waals surface area contributed by atoms with Gasteiger partial charge in [-0.05, 0) is 48.8 Å². The van der Waals surface area contributed by atoms with Crippen LogP contribution in [0.15, 0.2) is 24.3 Å². The smallest absolute Gasteiger partial charge is 0.0348 e. The van der Waals surface area contributed by atoms with Crippen LogP contribution in [0.1, 0.15) is 63.1 Å². The standard InChI is InChI=1S/C16H25N/c1-4-12(3)13-6-8-14(9-7-13)16(17-5-2)15-10-11-15/h6-9,12,15-17H,4-5,10-11H2,1-3H3. The lowest BCUT2D eigenvalue weighted by Gasteiger charge is -2.19. The van der Waals surface area contributed by atoms with Crippen LogP contribution in [0.25, 0.3) is 0 Å². The molecule has 94 valence electrons. The third kappa shape index (κ3) is 3.10. The highest BCUT2D eigenvalue weighted by atomic mass is 14.9. The fourth-order valence-corrected chi connectivity index (χ4v) is 2.47. The van der Waals surface area contributed by atoms with Crippen LogP contribution < -0.4 is 5.32 Å². The van der Waals surface area contributed by atoms with Gasteiger partial charge in [-0.1, -0.05) is 45.0 Å². The molecule has 0 spiro atoms. The van der Waals surface area contributed by atoms with Crippen LogP contribution in [0.5, 0.6) is 0 Å². The molecule has 1 aliphatic carbocycles. The van der Waals surface area contributed by atoms with Crippen molar-refractivity contribution < 1.29 is 0 Å². The second-order valence-electron chi connectivity index (χ2n) is 5.35. The zero-order valence-corrected chi connectivity index (χ0v) is 11.4. The lowest BCUT2D eigenvalue weighted by molar-refractivity contribution is 0.496. The van der Waals surface area contributed by atoms with Gasteiger partial charge in [-0.15, -0.1) is 0 Å². The molecule has 2 rings (SSSR count). The van der Waals surface area contributed by atoms with Gasteiger partial charge in [0.2, 0.25) is 0 Å². The number of benzene rings is 1. The molecular formula is C16H25N. The molecule has 0 bridgehead atoms. The fraction of sp³-hybridized carbons (Fsp3) is 0.625. The third-order valence-electron chi connectivity index (χ3n) is 3.99. The third-order valence-corrected chi connectivity index (χ3v) is 3.99. The topological polar surface area (TPSA) is 12.0 Å². The maximum absolute atomic E-state index is 3.62. The number of rotatable bonds is 6. The van der Waals surface area contributed by atoms with Gasteiger partial charge in [-0.3, -0.25) is 0 Å². The molecule has 1 heteroatoms. The number of hydrogen-bond acceptors (Lipinski definition) is 1. The van der Waals surface area contributed by atoms with Crippen LogP contribution in [0.3, 0.4) is 0 Å². The molecule has 2 atom stereocenters. The normalized spacial score (nSPS) is 19.0. The van der Waals surface area contributed by atoms with Gasteiger partial charge in [0.25, 0.3) is 0 Å². The van der Waals surface area contributed by atoms with Gasteiger partial charge in [0.05, 0.1) is 0 Å². The summed E-state index contributed by atoms with van der Waals surface area (Å²) in [5.41, 5.74) is 2.95. The largest absolute Gasteiger partial charge is 0.310 e. The zero-order valence-electron chi connectivity index (χ0n) is 11.4. The van der Waals surface area contributed by atoms with Crippen molar-refractivity contribution in [3.63, 3.8) is 0 Å². The SMILES string of the molecule is CCNC(c1ccc(C(C)CC)cc1)C1CC1. The van der Waals surface area contributed by atoms with E-state index in [-0.39, 0.29) is 0 Å². The summed E-state index contributed by atoms with van der Waals surface area (Å²) in [6.45, 7) is 7.82. The molecule has 2 unspecified atom stereocenters. The average molecular weight is 231 g/mol. The van der Waals surface area contributed by atoms with Crippen LogP contribution in [-0.2, 0) is 0 Å². The van der Waals surface area contributed by atoms with Crippen LogP contribution in [-0.4, -0.2) is 6.54 Å². The Morgan fingerprint density at radius 3 is 2.18 bits per heavy atom. The minimum absolute atomic E-state index is 0.589. The van der Waals surface area contributed by atoms with E-state index in [1.165, 1.54) is 30.4 Å². The molecule has 0 radical (unpaired) electrons. The molecule has 1 aliphatic rings. The minimum atomic E-state index is 0.589. The van der Waals surface area contributed by atoms with Gasteiger partial charge >= 0.3 is 0 Å². The van der Waals surface area contributed by atoms with E-state index in [1.807, 2.05) is 0 Å². The van der Waals surface area contributed by atoms with E-state index < -0.39 is 0 Å². The summed E-state index contributed by atoms with van der Waals surface area (Å²) in [6, 6.07) is 9.87. The molecule has 1 nitrogen and oxygen atoms in total. The predicted octanol–water partition coefficient (Wildman–Crippen LogP) is 4.26. The van der Waals surface area contributed by atoms with Gasteiger partial charge in [-0.25, -0.2) is 0 Å². The lowest BCUT2D eigenvalue weighted by atomic mass is 9.95. The first-order valence-electron chi connectivity index (χ1n) is 7.09. The van der Waals surface area contributed by atoms with Gasteiger partial charge in [0, 0.05) is 6.04 Å². The Kier molecular flexibility index (Phi) is 4.22. The Hall–Kier alpha value is -0.820. The summed E-state index contributed by atoms with van der Waals surface area (Å²) < 4.78 is 0. The van der Waals surface area contributed by atoms with Crippen molar-refractivity contribution >= 4 is 0 Å². The molecule has 0 aliphatic heterocycles. The first kappa shape index (κ1) is 12.6. The van der Waals surface area contributed by atoms with Crippen molar-refractivity contribution in [3.8, 4) is 0 Å². The first-order chi connectivity index (χ1) is 8.26. The Labute approximate surface area is 106 Å². The first-order valence-corrected chi connectivity index (χ1v) is 7.09. The second-order valence-corrected chi connectivity index (χ2v) is 5.35. The summed E-state index contributed by atoms with van der Waals surface area (Å²) in [6.07, 6.45) is 4.01. The Bertz CT molecular complexity index is 337. The highest BCUT2D eigenvalue weighted by molar-refractivity contribution is 5.28. The summed E-state index contributed by atoms with van der Waals surface area (Å²) in [4.78, 5) is 0. The van der Waals surface area contributed by atoms with Gasteiger partial charge in [0.15, 0.2) is 0 Å². The van der Waals surface area contributed by atoms with E-state index >= 15 is 0 Å². The van der Waals surface area contributed by atoms with E-state index in [0.717, 1.165) is 12.5 Å². The van der Waals surface area contributed by atoms with Crippen molar-refractivity contribution in [1.29, 1.82) is 0 Å². The molecular weight excluding hydrogens is 206 g/mol. The van der Waals surface area contributed by atoms with Gasteiger partial charge in [-0.2, -0.15) is 0 Å². The fourth-order valence-electron chi connectivity index (χ4n) is 2.47. The van der Waals surface area contributed by atoms with Crippen molar-refractivity contribution in [2.24, 2.45) is 5.92 Å². The van der Waals surface area contributed by atoms with Crippen molar-refractivity contribution in [1.82, 2.24) is 5.32 Å². The molecule has 0 saturated heterocycles. The van der Waals surface area contributed by atoms with E-state index in [2.05, 4.69) is 50.4 Å². The van der Waals surface area contributed by atoms with E-state index in [0.29, 0.717) is 12.0 Å². The minimum Gasteiger partial charge on any atom is -0.310 e. The lowest BCUT2D eigenvalue weighted by Crippen LogP contribution is -2.22. The maximum Gasteiger partial charge on any atom is 0.0348 e. The van der Waals surface area contributed by atoms with Gasteiger partial charge in [0.1, 0.15) is 0 Å². The molecule has 1 aromatic rings. The molecule has 0 heterocycles. The highest BCUT2D eigenvalue weighted by Gasteiger charge is 2.31. The monoisotopic (exact) mass is 231 g/mol. The highest BCUT2D eigenvalue weighted by Crippen LogP contribution is 2.41. The van der Waals surface area contributed by atoms with Crippen molar-refractivity contribution in [2.45, 2.75) is 52.0 Å². The van der Waals surface area contributed by atoms with Crippen LogP contribution in [0.2, 0.25) is 0 Å². The Morgan fingerprint density at radius 2 is 1.71 bits per heavy atom. The molecule has 1 N–H and O–H groups in total. The zero-order chi connectivity index (χ0) is 12.3. The molecule has 1 aromatic carbocycles. The quantitative estimate of drug-likeness (QED) is 0.771. The maximum atomic E-state index is 3.62. The Morgan fingerprint density at radius 1 is 1.12 bits per heavy atom. The van der Waals surface area contributed by atoms with E-state index in [4.69, 9.17) is 0 Å². The second kappa shape index (κ2) is 5.68. The molecule has 17 heavy (non-hydrogen) atoms. The molecule has 1 saturated carbocycles. The van der Waals surface area contributed by atoms with Crippen LogP contribution >= 0.6 is 0 Å². The number of hydrogen-bond donors (Lipinski definition) is 1. The van der Waals surface area contributed by atoms with Crippen LogP contribution in [0.4, 0.5) is 0 Å². The summed E-state index contributed by atoms with van der Waals surface area (Å²) in [7, 11) is 0. The van der Waals surface area contributed by atoms with Crippen molar-refractivity contribution in [3.05, 3.63) is 35.4 Å². The van der Waals surface area contributed by atoms with Crippen LogP contribution in [0, 0.1) is 5.92 Å². The number of nitrogens with one attached hydrogen (secondary N) is 1. The average Bonchev–Trinajstić information content (AvgIpc) is 3.19. The summed E-state index contributed by atoms with van der Waals surface area (Å²) in [5, 5.41) is 3.62. The van der Waals surface area contributed by atoms with E-state index in [1.54, 1.807) is 0 Å². The summed E-state index contributed by atoms with van der Waals surface area (Å²) in [5.74, 6) is 1.56. The van der Waals surface area contributed by atoms with Gasteiger partial charge < -0.3 is 5.32 Å². The Balaban J connectivity index is 2.09.